The fraction of sp³-hybridized carbons (Fsp3) is 0.812. The zero-order valence-electron chi connectivity index (χ0n) is 14.5. The van der Waals surface area contributed by atoms with Crippen LogP contribution in [0, 0.1) is 0 Å². The Morgan fingerprint density at radius 1 is 1.17 bits per heavy atom. The van der Waals surface area contributed by atoms with Gasteiger partial charge >= 0.3 is 18.0 Å². The molecule has 134 valence electrons. The second kappa shape index (κ2) is 11.7. The van der Waals surface area contributed by atoms with E-state index in [0.717, 1.165) is 25.7 Å². The maximum absolute atomic E-state index is 12.0. The SMILES string of the molecule is CC.CC(C)OC(=O)NC(CCC(=O)O)C(=O)OC1CCCC1. The minimum absolute atomic E-state index is 0.0198. The Balaban J connectivity index is 0.00000232. The monoisotopic (exact) mass is 331 g/mol. The van der Waals surface area contributed by atoms with Crippen molar-refractivity contribution in [2.45, 2.75) is 84.5 Å². The van der Waals surface area contributed by atoms with Crippen LogP contribution >= 0.6 is 0 Å². The number of hydrogen-bond donors (Lipinski definition) is 2. The minimum atomic E-state index is -1.03. The summed E-state index contributed by atoms with van der Waals surface area (Å²) >= 11 is 0. The number of ether oxygens (including phenoxy) is 2. The fourth-order valence-electron chi connectivity index (χ4n) is 2.16. The van der Waals surface area contributed by atoms with Crippen LogP contribution in [0.4, 0.5) is 4.79 Å². The van der Waals surface area contributed by atoms with Crippen LogP contribution in [0.25, 0.3) is 0 Å². The molecule has 7 heteroatoms. The first-order valence-electron chi connectivity index (χ1n) is 8.28. The van der Waals surface area contributed by atoms with Crippen molar-refractivity contribution >= 4 is 18.0 Å². The third-order valence-electron chi connectivity index (χ3n) is 3.15. The minimum Gasteiger partial charge on any atom is -0.481 e. The van der Waals surface area contributed by atoms with Crippen LogP contribution in [0.2, 0.25) is 0 Å². The average Bonchev–Trinajstić information content (AvgIpc) is 2.97. The van der Waals surface area contributed by atoms with Gasteiger partial charge in [0.05, 0.1) is 6.10 Å². The molecule has 1 fully saturated rings. The first-order chi connectivity index (χ1) is 10.9. The molecule has 1 atom stereocenters. The number of carboxylic acid groups (broad SMARTS) is 1. The molecule has 0 aromatic carbocycles. The van der Waals surface area contributed by atoms with Gasteiger partial charge in [-0.2, -0.15) is 0 Å². The lowest BCUT2D eigenvalue weighted by Crippen LogP contribution is -2.44. The van der Waals surface area contributed by atoms with E-state index in [1.165, 1.54) is 0 Å². The van der Waals surface area contributed by atoms with Gasteiger partial charge in [0.1, 0.15) is 12.1 Å². The molecule has 0 spiro atoms. The van der Waals surface area contributed by atoms with Crippen molar-refractivity contribution in [1.82, 2.24) is 5.32 Å². The molecule has 0 saturated heterocycles. The van der Waals surface area contributed by atoms with Gasteiger partial charge in [-0.1, -0.05) is 13.8 Å². The highest BCUT2D eigenvalue weighted by Crippen LogP contribution is 2.21. The number of carboxylic acids is 1. The van der Waals surface area contributed by atoms with Gasteiger partial charge in [-0.25, -0.2) is 9.59 Å². The normalized spacial score (nSPS) is 15.3. The van der Waals surface area contributed by atoms with Gasteiger partial charge in [0, 0.05) is 6.42 Å². The molecule has 1 saturated carbocycles. The lowest BCUT2D eigenvalue weighted by atomic mass is 10.1. The number of carbonyl (C=O) groups excluding carboxylic acids is 2. The lowest BCUT2D eigenvalue weighted by Gasteiger charge is -2.20. The molecule has 2 N–H and O–H groups in total. The molecule has 1 unspecified atom stereocenters. The Labute approximate surface area is 137 Å². The summed E-state index contributed by atoms with van der Waals surface area (Å²) < 4.78 is 10.2. The van der Waals surface area contributed by atoms with Crippen molar-refractivity contribution in [1.29, 1.82) is 0 Å². The molecule has 1 aliphatic rings. The van der Waals surface area contributed by atoms with E-state index in [4.69, 9.17) is 14.6 Å². The summed E-state index contributed by atoms with van der Waals surface area (Å²) in [6.07, 6.45) is 2.20. The summed E-state index contributed by atoms with van der Waals surface area (Å²) in [6.45, 7) is 7.37. The smallest absolute Gasteiger partial charge is 0.408 e. The van der Waals surface area contributed by atoms with Crippen molar-refractivity contribution in [2.75, 3.05) is 0 Å². The molecule has 23 heavy (non-hydrogen) atoms. The Kier molecular flexibility index (Phi) is 10.8. The molecule has 0 heterocycles. The van der Waals surface area contributed by atoms with Crippen LogP contribution in [-0.2, 0) is 19.1 Å². The molecule has 0 aliphatic heterocycles. The van der Waals surface area contributed by atoms with Crippen LogP contribution in [-0.4, -0.2) is 41.4 Å². The molecular formula is C16H29NO6. The second-order valence-corrected chi connectivity index (χ2v) is 5.43. The van der Waals surface area contributed by atoms with E-state index in [1.807, 2.05) is 13.8 Å². The standard InChI is InChI=1S/C14H23NO6.C2H6/c1-9(2)20-14(19)15-11(7-8-12(16)17)13(18)21-10-5-3-4-6-10;1-2/h9-11H,3-8H2,1-2H3,(H,15,19)(H,16,17);1-2H3. The van der Waals surface area contributed by atoms with Gasteiger partial charge < -0.3 is 19.9 Å². The summed E-state index contributed by atoms with van der Waals surface area (Å²) in [7, 11) is 0. The maximum Gasteiger partial charge on any atom is 0.408 e. The lowest BCUT2D eigenvalue weighted by molar-refractivity contribution is -0.151. The predicted octanol–water partition coefficient (Wildman–Crippen LogP) is 2.87. The Morgan fingerprint density at radius 3 is 2.22 bits per heavy atom. The molecule has 0 aromatic rings. The number of hydrogen-bond acceptors (Lipinski definition) is 5. The van der Waals surface area contributed by atoms with E-state index >= 15 is 0 Å². The van der Waals surface area contributed by atoms with Crippen LogP contribution in [0.15, 0.2) is 0 Å². The zero-order chi connectivity index (χ0) is 17.8. The van der Waals surface area contributed by atoms with Crippen molar-refractivity contribution in [3.05, 3.63) is 0 Å². The van der Waals surface area contributed by atoms with E-state index < -0.39 is 24.1 Å². The number of carbonyl (C=O) groups is 3. The van der Waals surface area contributed by atoms with E-state index in [9.17, 15) is 14.4 Å². The highest BCUT2D eigenvalue weighted by Gasteiger charge is 2.28. The molecule has 0 aromatic heterocycles. The van der Waals surface area contributed by atoms with Crippen LogP contribution < -0.4 is 5.32 Å². The molecule has 0 radical (unpaired) electrons. The number of rotatable bonds is 7. The second-order valence-electron chi connectivity index (χ2n) is 5.43. The van der Waals surface area contributed by atoms with Crippen molar-refractivity contribution in [3.63, 3.8) is 0 Å². The van der Waals surface area contributed by atoms with Crippen LogP contribution in [0.1, 0.15) is 66.2 Å². The summed E-state index contributed by atoms with van der Waals surface area (Å²) in [6, 6.07) is -0.993. The predicted molar refractivity (Wildman–Crippen MR) is 85.1 cm³/mol. The van der Waals surface area contributed by atoms with Gasteiger partial charge in [-0.3, -0.25) is 4.79 Å². The largest absolute Gasteiger partial charge is 0.481 e. The Hall–Kier alpha value is -1.79. The van der Waals surface area contributed by atoms with Gasteiger partial charge in [0.2, 0.25) is 0 Å². The van der Waals surface area contributed by atoms with Crippen molar-refractivity contribution in [3.8, 4) is 0 Å². The maximum atomic E-state index is 12.0. The Morgan fingerprint density at radius 2 is 1.74 bits per heavy atom. The highest BCUT2D eigenvalue weighted by molar-refractivity contribution is 5.82. The van der Waals surface area contributed by atoms with E-state index in [0.29, 0.717) is 0 Å². The van der Waals surface area contributed by atoms with Crippen LogP contribution in [0.5, 0.6) is 0 Å². The first-order valence-corrected chi connectivity index (χ1v) is 8.28. The van der Waals surface area contributed by atoms with Gasteiger partial charge in [0.25, 0.3) is 0 Å². The average molecular weight is 331 g/mol. The highest BCUT2D eigenvalue weighted by atomic mass is 16.6. The third kappa shape index (κ3) is 9.76. The number of aliphatic carboxylic acids is 1. The Bertz CT molecular complexity index is 377. The van der Waals surface area contributed by atoms with Crippen molar-refractivity contribution < 1.29 is 29.0 Å². The quantitative estimate of drug-likeness (QED) is 0.696. The van der Waals surface area contributed by atoms with E-state index in [-0.39, 0.29) is 25.0 Å². The topological polar surface area (TPSA) is 102 Å². The molecule has 1 aliphatic carbocycles. The van der Waals surface area contributed by atoms with E-state index in [2.05, 4.69) is 5.32 Å². The van der Waals surface area contributed by atoms with Gasteiger partial charge in [-0.15, -0.1) is 0 Å². The number of nitrogens with one attached hydrogen (secondary N) is 1. The zero-order valence-corrected chi connectivity index (χ0v) is 14.5. The summed E-state index contributed by atoms with van der Waals surface area (Å²) in [5, 5.41) is 11.1. The molecule has 0 bridgehead atoms. The van der Waals surface area contributed by atoms with E-state index in [1.54, 1.807) is 13.8 Å². The van der Waals surface area contributed by atoms with Gasteiger partial charge in [-0.05, 0) is 46.0 Å². The number of esters is 1. The first kappa shape index (κ1) is 21.2. The summed E-state index contributed by atoms with van der Waals surface area (Å²) in [5.74, 6) is -1.63. The summed E-state index contributed by atoms with van der Waals surface area (Å²) in [4.78, 5) is 34.2. The molecule has 7 nitrogen and oxygen atoms in total. The third-order valence-corrected chi connectivity index (χ3v) is 3.15. The molecule has 1 rings (SSSR count). The fourth-order valence-corrected chi connectivity index (χ4v) is 2.16. The molecular weight excluding hydrogens is 302 g/mol. The summed E-state index contributed by atoms with van der Waals surface area (Å²) in [5.41, 5.74) is 0. The van der Waals surface area contributed by atoms with Gasteiger partial charge in [0.15, 0.2) is 0 Å². The number of alkyl carbamates (subject to hydrolysis) is 1. The van der Waals surface area contributed by atoms with Crippen molar-refractivity contribution in [2.24, 2.45) is 0 Å². The molecule has 1 amide bonds. The number of amides is 1. The van der Waals surface area contributed by atoms with Crippen LogP contribution in [0.3, 0.4) is 0 Å².